The number of hydrogen-bond donors (Lipinski definition) is 1. The summed E-state index contributed by atoms with van der Waals surface area (Å²) in [6, 6.07) is 15.8. The van der Waals surface area contributed by atoms with Gasteiger partial charge in [-0.2, -0.15) is 0 Å². The van der Waals surface area contributed by atoms with Crippen molar-refractivity contribution in [2.75, 3.05) is 20.3 Å². The van der Waals surface area contributed by atoms with Gasteiger partial charge in [0.05, 0.1) is 0 Å². The topological polar surface area (TPSA) is 30.5 Å². The van der Waals surface area contributed by atoms with E-state index in [0.29, 0.717) is 13.2 Å². The summed E-state index contributed by atoms with van der Waals surface area (Å²) in [5.41, 5.74) is 1.13. The Hall–Kier alpha value is -1.52. The van der Waals surface area contributed by atoms with Gasteiger partial charge >= 0.3 is 0 Å². The molecule has 0 aromatic heterocycles. The highest BCUT2D eigenvalue weighted by atomic mass is 79.9. The molecule has 4 heteroatoms. The molecule has 2 aromatic carbocycles. The van der Waals surface area contributed by atoms with E-state index in [1.165, 1.54) is 0 Å². The highest BCUT2D eigenvalue weighted by Crippen LogP contribution is 2.23. The van der Waals surface area contributed by atoms with Crippen LogP contribution >= 0.6 is 15.9 Å². The van der Waals surface area contributed by atoms with E-state index in [0.717, 1.165) is 28.1 Å². The first kappa shape index (κ1) is 14.9. The highest BCUT2D eigenvalue weighted by molar-refractivity contribution is 9.10. The monoisotopic (exact) mass is 335 g/mol. The van der Waals surface area contributed by atoms with Crippen molar-refractivity contribution in [3.63, 3.8) is 0 Å². The lowest BCUT2D eigenvalue weighted by Crippen LogP contribution is -2.12. The van der Waals surface area contributed by atoms with Crippen LogP contribution in [-0.4, -0.2) is 20.3 Å². The fourth-order valence-electron chi connectivity index (χ4n) is 1.85. The molecule has 0 aliphatic heterocycles. The van der Waals surface area contributed by atoms with Crippen LogP contribution in [0.2, 0.25) is 0 Å². The van der Waals surface area contributed by atoms with Gasteiger partial charge in [-0.05, 0) is 37.4 Å². The van der Waals surface area contributed by atoms with E-state index in [-0.39, 0.29) is 0 Å². The molecule has 3 nitrogen and oxygen atoms in total. The Morgan fingerprint density at radius 3 is 2.50 bits per heavy atom. The van der Waals surface area contributed by atoms with Gasteiger partial charge in [-0.3, -0.25) is 0 Å². The summed E-state index contributed by atoms with van der Waals surface area (Å²) in [5.74, 6) is 1.75. The quantitative estimate of drug-likeness (QED) is 0.784. The minimum Gasteiger partial charge on any atom is -0.490 e. The number of para-hydroxylation sites is 1. The maximum atomic E-state index is 5.78. The van der Waals surface area contributed by atoms with E-state index < -0.39 is 0 Å². The van der Waals surface area contributed by atoms with Gasteiger partial charge in [-0.1, -0.05) is 34.1 Å². The van der Waals surface area contributed by atoms with Crippen LogP contribution in [0.5, 0.6) is 11.5 Å². The molecule has 0 amide bonds. The van der Waals surface area contributed by atoms with Crippen LogP contribution in [0.15, 0.2) is 53.0 Å². The van der Waals surface area contributed by atoms with Crippen LogP contribution < -0.4 is 14.8 Å². The zero-order valence-corrected chi connectivity index (χ0v) is 13.0. The molecule has 2 rings (SSSR count). The molecule has 106 valence electrons. The molecule has 2 aromatic rings. The van der Waals surface area contributed by atoms with Crippen molar-refractivity contribution in [3.8, 4) is 11.5 Å². The normalized spacial score (nSPS) is 10.3. The van der Waals surface area contributed by atoms with Crippen molar-refractivity contribution in [1.29, 1.82) is 0 Å². The number of hydrogen-bond acceptors (Lipinski definition) is 3. The molecular weight excluding hydrogens is 318 g/mol. The molecule has 1 N–H and O–H groups in total. The Kier molecular flexibility index (Phi) is 5.89. The third-order valence-electron chi connectivity index (χ3n) is 2.74. The van der Waals surface area contributed by atoms with Crippen molar-refractivity contribution in [3.05, 3.63) is 58.6 Å². The summed E-state index contributed by atoms with van der Waals surface area (Å²) in [4.78, 5) is 0. The molecule has 0 atom stereocenters. The Labute approximate surface area is 128 Å². The number of rotatable bonds is 7. The SMILES string of the molecule is CNCc1cc(Br)ccc1OCCOc1ccccc1. The standard InChI is InChI=1S/C16H18BrNO2/c1-18-12-13-11-14(17)7-8-16(13)20-10-9-19-15-5-3-2-4-6-15/h2-8,11,18H,9-10,12H2,1H3. The molecule has 0 unspecified atom stereocenters. The Morgan fingerprint density at radius 2 is 1.75 bits per heavy atom. The second-order valence-electron chi connectivity index (χ2n) is 4.29. The van der Waals surface area contributed by atoms with Gasteiger partial charge < -0.3 is 14.8 Å². The number of nitrogens with one attached hydrogen (secondary N) is 1. The lowest BCUT2D eigenvalue weighted by Gasteiger charge is -2.12. The van der Waals surface area contributed by atoms with Crippen molar-refractivity contribution in [1.82, 2.24) is 5.32 Å². The summed E-state index contributed by atoms with van der Waals surface area (Å²) in [7, 11) is 1.92. The van der Waals surface area contributed by atoms with E-state index in [1.807, 2.05) is 49.5 Å². The van der Waals surface area contributed by atoms with E-state index >= 15 is 0 Å². The lowest BCUT2D eigenvalue weighted by molar-refractivity contribution is 0.215. The van der Waals surface area contributed by atoms with E-state index in [2.05, 4.69) is 27.3 Å². The van der Waals surface area contributed by atoms with Gasteiger partial charge in [0.15, 0.2) is 0 Å². The number of ether oxygens (including phenoxy) is 2. The molecule has 0 fully saturated rings. The fourth-order valence-corrected chi connectivity index (χ4v) is 2.25. The van der Waals surface area contributed by atoms with Crippen molar-refractivity contribution in [2.45, 2.75) is 6.54 Å². The van der Waals surface area contributed by atoms with Crippen molar-refractivity contribution >= 4 is 15.9 Å². The van der Waals surface area contributed by atoms with E-state index in [4.69, 9.17) is 9.47 Å². The average Bonchev–Trinajstić information content (AvgIpc) is 2.47. The van der Waals surface area contributed by atoms with Crippen molar-refractivity contribution in [2.24, 2.45) is 0 Å². The molecule has 0 saturated carbocycles. The minimum atomic E-state index is 0.521. The minimum absolute atomic E-state index is 0.521. The van der Waals surface area contributed by atoms with Gasteiger partial charge in [0.25, 0.3) is 0 Å². The predicted molar refractivity (Wildman–Crippen MR) is 84.3 cm³/mol. The van der Waals surface area contributed by atoms with Gasteiger partial charge in [-0.25, -0.2) is 0 Å². The molecule has 0 radical (unpaired) electrons. The van der Waals surface area contributed by atoms with Crippen LogP contribution in [0.1, 0.15) is 5.56 Å². The van der Waals surface area contributed by atoms with E-state index in [1.54, 1.807) is 0 Å². The first-order valence-corrected chi connectivity index (χ1v) is 7.32. The number of halogens is 1. The average molecular weight is 336 g/mol. The van der Waals surface area contributed by atoms with E-state index in [9.17, 15) is 0 Å². The fraction of sp³-hybridized carbons (Fsp3) is 0.250. The van der Waals surface area contributed by atoms with Gasteiger partial charge in [0.2, 0.25) is 0 Å². The second kappa shape index (κ2) is 7.92. The summed E-state index contributed by atoms with van der Waals surface area (Å²) in [6.07, 6.45) is 0. The lowest BCUT2D eigenvalue weighted by atomic mass is 10.2. The zero-order chi connectivity index (χ0) is 14.2. The molecular formula is C16H18BrNO2. The molecule has 20 heavy (non-hydrogen) atoms. The smallest absolute Gasteiger partial charge is 0.124 e. The maximum absolute atomic E-state index is 5.78. The summed E-state index contributed by atoms with van der Waals surface area (Å²) >= 11 is 3.47. The van der Waals surface area contributed by atoms with Crippen LogP contribution in [0, 0.1) is 0 Å². The molecule has 0 bridgehead atoms. The van der Waals surface area contributed by atoms with Crippen LogP contribution in [0.3, 0.4) is 0 Å². The Balaban J connectivity index is 1.84. The molecule has 0 aliphatic rings. The van der Waals surface area contributed by atoms with Gasteiger partial charge in [0, 0.05) is 16.6 Å². The van der Waals surface area contributed by atoms with Crippen LogP contribution in [0.25, 0.3) is 0 Å². The summed E-state index contributed by atoms with van der Waals surface area (Å²) in [6.45, 7) is 1.82. The molecule has 0 spiro atoms. The second-order valence-corrected chi connectivity index (χ2v) is 5.21. The molecule has 0 saturated heterocycles. The van der Waals surface area contributed by atoms with Crippen LogP contribution in [-0.2, 0) is 6.54 Å². The van der Waals surface area contributed by atoms with Gasteiger partial charge in [-0.15, -0.1) is 0 Å². The highest BCUT2D eigenvalue weighted by Gasteiger charge is 2.04. The van der Waals surface area contributed by atoms with Gasteiger partial charge in [0.1, 0.15) is 24.7 Å². The third-order valence-corrected chi connectivity index (χ3v) is 3.24. The zero-order valence-electron chi connectivity index (χ0n) is 11.4. The largest absolute Gasteiger partial charge is 0.490 e. The molecule has 0 heterocycles. The predicted octanol–water partition coefficient (Wildman–Crippen LogP) is 3.63. The Morgan fingerprint density at radius 1 is 1.00 bits per heavy atom. The summed E-state index contributed by atoms with van der Waals surface area (Å²) in [5, 5.41) is 3.14. The molecule has 0 aliphatic carbocycles. The van der Waals surface area contributed by atoms with Crippen molar-refractivity contribution < 1.29 is 9.47 Å². The third kappa shape index (κ3) is 4.54. The summed E-state index contributed by atoms with van der Waals surface area (Å²) < 4.78 is 12.4. The number of benzene rings is 2. The maximum Gasteiger partial charge on any atom is 0.124 e. The first-order chi connectivity index (χ1) is 9.79. The Bertz CT molecular complexity index is 531. The first-order valence-electron chi connectivity index (χ1n) is 6.53. The van der Waals surface area contributed by atoms with Crippen LogP contribution in [0.4, 0.5) is 0 Å².